The first-order chi connectivity index (χ1) is 18.8. The van der Waals surface area contributed by atoms with E-state index >= 15 is 0 Å². The third-order valence-electron chi connectivity index (χ3n) is 6.81. The van der Waals surface area contributed by atoms with Gasteiger partial charge in [0.15, 0.2) is 5.13 Å². The Morgan fingerprint density at radius 1 is 1.18 bits per heavy atom. The van der Waals surface area contributed by atoms with Crippen LogP contribution < -0.4 is 14.4 Å². The topological polar surface area (TPSA) is 89.0 Å². The second-order valence-electron chi connectivity index (χ2n) is 9.65. The van der Waals surface area contributed by atoms with Crippen molar-refractivity contribution in [1.82, 2.24) is 4.98 Å². The zero-order valence-corrected chi connectivity index (χ0v) is 22.9. The van der Waals surface area contributed by atoms with E-state index in [4.69, 9.17) is 21.1 Å². The standard InChI is InChI=1S/C30H25ClN2O5S/c1-3-11-37-21-6-4-5-17(14-21)26-25(27(34)18-7-10-23-19(13-18)12-16(2)38-23)28(35)29(36)33(26)30-32-22-9-8-20(31)15-24(22)39-30/h4-10,13-16,26,34H,3,11-12H2,1-2H3/t16-,26+/m1/s1. The van der Waals surface area contributed by atoms with E-state index in [2.05, 4.69) is 4.98 Å². The van der Waals surface area contributed by atoms with Gasteiger partial charge in [0, 0.05) is 17.0 Å². The molecular formula is C30H25ClN2O5S. The summed E-state index contributed by atoms with van der Waals surface area (Å²) in [5.41, 5.74) is 2.67. The summed E-state index contributed by atoms with van der Waals surface area (Å²) in [6, 6.07) is 16.9. The number of nitrogens with zero attached hydrogens (tertiary/aromatic N) is 2. The van der Waals surface area contributed by atoms with Crippen LogP contribution in [0.5, 0.6) is 11.5 Å². The van der Waals surface area contributed by atoms with Crippen LogP contribution in [0.4, 0.5) is 5.13 Å². The fourth-order valence-corrected chi connectivity index (χ4v) is 6.32. The highest BCUT2D eigenvalue weighted by atomic mass is 35.5. The first-order valence-electron chi connectivity index (χ1n) is 12.7. The van der Waals surface area contributed by atoms with Crippen molar-refractivity contribution >= 4 is 55.7 Å². The Morgan fingerprint density at radius 2 is 2.03 bits per heavy atom. The highest BCUT2D eigenvalue weighted by Crippen LogP contribution is 2.45. The average Bonchev–Trinajstić information content (AvgIpc) is 3.59. The van der Waals surface area contributed by atoms with Crippen molar-refractivity contribution in [3.05, 3.63) is 87.9 Å². The van der Waals surface area contributed by atoms with Gasteiger partial charge in [-0.1, -0.05) is 42.0 Å². The third kappa shape index (κ3) is 4.53. The van der Waals surface area contributed by atoms with E-state index in [-0.39, 0.29) is 17.4 Å². The van der Waals surface area contributed by atoms with Gasteiger partial charge >= 0.3 is 5.91 Å². The van der Waals surface area contributed by atoms with Gasteiger partial charge in [-0.25, -0.2) is 4.98 Å². The van der Waals surface area contributed by atoms with Gasteiger partial charge in [0.05, 0.1) is 28.4 Å². The molecule has 2 atom stereocenters. The Balaban J connectivity index is 1.52. The van der Waals surface area contributed by atoms with Crippen LogP contribution in [0.1, 0.15) is 43.0 Å². The van der Waals surface area contributed by atoms with Crippen LogP contribution >= 0.6 is 22.9 Å². The van der Waals surface area contributed by atoms with Crippen molar-refractivity contribution in [3.8, 4) is 11.5 Å². The smallest absolute Gasteiger partial charge is 0.301 e. The molecule has 39 heavy (non-hydrogen) atoms. The van der Waals surface area contributed by atoms with Crippen molar-refractivity contribution in [2.45, 2.75) is 38.8 Å². The zero-order valence-electron chi connectivity index (χ0n) is 21.3. The summed E-state index contributed by atoms with van der Waals surface area (Å²) in [5, 5.41) is 12.5. The number of fused-ring (bicyclic) bond motifs is 2. The maximum atomic E-state index is 13.6. The highest BCUT2D eigenvalue weighted by molar-refractivity contribution is 7.22. The van der Waals surface area contributed by atoms with Crippen LogP contribution in [-0.4, -0.2) is 34.5 Å². The Kier molecular flexibility index (Phi) is 6.53. The lowest BCUT2D eigenvalue weighted by atomic mass is 9.94. The van der Waals surface area contributed by atoms with Crippen LogP contribution in [0.2, 0.25) is 5.02 Å². The van der Waals surface area contributed by atoms with E-state index in [0.717, 1.165) is 22.4 Å². The Labute approximate surface area is 234 Å². The van der Waals surface area contributed by atoms with E-state index in [9.17, 15) is 14.7 Å². The molecule has 1 fully saturated rings. The van der Waals surface area contributed by atoms with Gasteiger partial charge in [-0.05, 0) is 73.0 Å². The number of ketones is 1. The molecule has 0 aliphatic carbocycles. The van der Waals surface area contributed by atoms with Gasteiger partial charge in [-0.3, -0.25) is 14.5 Å². The number of ether oxygens (including phenoxy) is 2. The molecule has 4 aromatic rings. The molecule has 7 nitrogen and oxygen atoms in total. The molecule has 1 amide bonds. The number of thiazole rings is 1. The third-order valence-corrected chi connectivity index (χ3v) is 8.06. The number of hydrogen-bond donors (Lipinski definition) is 1. The number of amides is 1. The molecule has 0 saturated carbocycles. The number of hydrogen-bond acceptors (Lipinski definition) is 7. The molecule has 0 radical (unpaired) electrons. The lowest BCUT2D eigenvalue weighted by Gasteiger charge is -2.23. The van der Waals surface area contributed by atoms with E-state index in [0.29, 0.717) is 45.6 Å². The van der Waals surface area contributed by atoms with Gasteiger partial charge in [0.1, 0.15) is 23.4 Å². The summed E-state index contributed by atoms with van der Waals surface area (Å²) in [7, 11) is 0. The predicted octanol–water partition coefficient (Wildman–Crippen LogP) is 6.69. The number of anilines is 1. The molecule has 1 N–H and O–H groups in total. The fraction of sp³-hybridized carbons (Fsp3) is 0.233. The maximum Gasteiger partial charge on any atom is 0.301 e. The van der Waals surface area contributed by atoms with Gasteiger partial charge in [0.25, 0.3) is 5.78 Å². The molecule has 9 heteroatoms. The molecule has 6 rings (SSSR count). The molecule has 0 spiro atoms. The Morgan fingerprint density at radius 3 is 2.85 bits per heavy atom. The largest absolute Gasteiger partial charge is 0.507 e. The summed E-state index contributed by atoms with van der Waals surface area (Å²) in [6.07, 6.45) is 1.55. The SMILES string of the molecule is CCCOc1cccc([C@H]2C(=C(O)c3ccc4c(c3)C[C@@H](C)O4)C(=O)C(=O)N2c2nc3ccc(Cl)cc3s2)c1. The zero-order chi connectivity index (χ0) is 27.3. The van der Waals surface area contributed by atoms with E-state index in [1.807, 2.05) is 38.1 Å². The molecule has 3 heterocycles. The predicted molar refractivity (Wildman–Crippen MR) is 152 cm³/mol. The lowest BCUT2D eigenvalue weighted by molar-refractivity contribution is -0.132. The fourth-order valence-electron chi connectivity index (χ4n) is 5.05. The average molecular weight is 561 g/mol. The number of carbonyl (C=O) groups excluding carboxylic acids is 2. The van der Waals surface area contributed by atoms with Gasteiger partial charge in [-0.15, -0.1) is 0 Å². The molecule has 2 aliphatic heterocycles. The van der Waals surface area contributed by atoms with Gasteiger partial charge < -0.3 is 14.6 Å². The molecule has 2 aliphatic rings. The summed E-state index contributed by atoms with van der Waals surface area (Å²) in [5.74, 6) is -0.415. The molecule has 198 valence electrons. The number of aliphatic hydroxyl groups is 1. The van der Waals surface area contributed by atoms with Crippen LogP contribution in [0, 0.1) is 0 Å². The second kappa shape index (κ2) is 10.0. The number of Topliss-reactive ketones (excluding diaryl/α,β-unsaturated/α-hetero) is 1. The van der Waals surface area contributed by atoms with E-state index < -0.39 is 17.7 Å². The number of aliphatic hydroxyl groups excluding tert-OH is 1. The molecule has 0 bridgehead atoms. The van der Waals surface area contributed by atoms with Crippen molar-refractivity contribution in [2.75, 3.05) is 11.5 Å². The highest BCUT2D eigenvalue weighted by Gasteiger charge is 2.48. The monoisotopic (exact) mass is 560 g/mol. The van der Waals surface area contributed by atoms with E-state index in [1.54, 1.807) is 36.4 Å². The lowest BCUT2D eigenvalue weighted by Crippen LogP contribution is -2.29. The summed E-state index contributed by atoms with van der Waals surface area (Å²) < 4.78 is 12.4. The first-order valence-corrected chi connectivity index (χ1v) is 13.9. The normalized spacial score (nSPS) is 19.9. The van der Waals surface area contributed by atoms with Crippen LogP contribution in [0.25, 0.3) is 16.0 Å². The minimum atomic E-state index is -0.908. The Hall–Kier alpha value is -3.88. The summed E-state index contributed by atoms with van der Waals surface area (Å²) in [6.45, 7) is 4.52. The molecule has 1 saturated heterocycles. The number of halogens is 1. The number of rotatable bonds is 6. The number of carbonyl (C=O) groups is 2. The van der Waals surface area contributed by atoms with Gasteiger partial charge in [0.2, 0.25) is 0 Å². The number of aromatic nitrogens is 1. The minimum absolute atomic E-state index is 0.00292. The minimum Gasteiger partial charge on any atom is -0.507 e. The van der Waals surface area contributed by atoms with Gasteiger partial charge in [-0.2, -0.15) is 0 Å². The first kappa shape index (κ1) is 25.4. The van der Waals surface area contributed by atoms with Crippen LogP contribution in [0.15, 0.2) is 66.2 Å². The molecule has 0 unspecified atom stereocenters. The van der Waals surface area contributed by atoms with Crippen molar-refractivity contribution in [1.29, 1.82) is 0 Å². The van der Waals surface area contributed by atoms with Crippen molar-refractivity contribution < 1.29 is 24.2 Å². The Bertz CT molecular complexity index is 1660. The van der Waals surface area contributed by atoms with Crippen LogP contribution in [-0.2, 0) is 16.0 Å². The summed E-state index contributed by atoms with van der Waals surface area (Å²) in [4.78, 5) is 33.2. The molecule has 3 aromatic carbocycles. The van der Waals surface area contributed by atoms with Crippen molar-refractivity contribution in [2.24, 2.45) is 0 Å². The second-order valence-corrected chi connectivity index (χ2v) is 11.1. The van der Waals surface area contributed by atoms with E-state index in [1.165, 1.54) is 16.2 Å². The van der Waals surface area contributed by atoms with Crippen molar-refractivity contribution in [3.63, 3.8) is 0 Å². The summed E-state index contributed by atoms with van der Waals surface area (Å²) >= 11 is 7.45. The molecular weight excluding hydrogens is 536 g/mol. The maximum absolute atomic E-state index is 13.6. The molecule has 1 aromatic heterocycles. The quantitative estimate of drug-likeness (QED) is 0.161. The number of benzene rings is 3. The van der Waals surface area contributed by atoms with Crippen LogP contribution in [0.3, 0.4) is 0 Å².